The van der Waals surface area contributed by atoms with Gasteiger partial charge in [0.1, 0.15) is 11.5 Å². The van der Waals surface area contributed by atoms with Gasteiger partial charge in [0, 0.05) is 33.1 Å². The first-order valence-electron chi connectivity index (χ1n) is 17.2. The van der Waals surface area contributed by atoms with Crippen molar-refractivity contribution in [2.45, 2.75) is 19.3 Å². The molecule has 0 fully saturated rings. The molecule has 3 nitrogen and oxygen atoms in total. The molecule has 0 N–H and O–H groups in total. The molecule has 236 valence electrons. The SMILES string of the molecule is CC1(C)c2ccccc2-c2cc(-c3cc(-c4ccc(-c5ccc6c(c5)-c5cccc7cccc(c57)O6)cc4)nc(-c4ccccc4)n3)ccc21. The molecule has 0 saturated carbocycles. The number of hydrogen-bond donors (Lipinski definition) is 0. The second kappa shape index (κ2) is 10.8. The summed E-state index contributed by atoms with van der Waals surface area (Å²) in [5.74, 6) is 2.51. The third-order valence-corrected chi connectivity index (χ3v) is 10.5. The maximum absolute atomic E-state index is 6.35. The molecule has 1 aliphatic heterocycles. The molecule has 8 aromatic rings. The van der Waals surface area contributed by atoms with E-state index in [4.69, 9.17) is 14.7 Å². The Hall–Kier alpha value is -6.32. The lowest BCUT2D eigenvalue weighted by Crippen LogP contribution is -2.14. The average Bonchev–Trinajstić information content (AvgIpc) is 3.40. The van der Waals surface area contributed by atoms with Crippen LogP contribution in [0.1, 0.15) is 25.0 Å². The molecule has 0 bridgehead atoms. The maximum Gasteiger partial charge on any atom is 0.160 e. The molecule has 7 aromatic carbocycles. The number of rotatable bonds is 4. The predicted molar refractivity (Wildman–Crippen MR) is 204 cm³/mol. The van der Waals surface area contributed by atoms with Gasteiger partial charge in [-0.3, -0.25) is 0 Å². The molecule has 50 heavy (non-hydrogen) atoms. The van der Waals surface area contributed by atoms with Gasteiger partial charge in [-0.1, -0.05) is 141 Å². The van der Waals surface area contributed by atoms with Gasteiger partial charge in [-0.15, -0.1) is 0 Å². The molecule has 1 aromatic heterocycles. The molecule has 2 heterocycles. The van der Waals surface area contributed by atoms with Crippen molar-refractivity contribution in [2.75, 3.05) is 0 Å². The lowest BCUT2D eigenvalue weighted by atomic mass is 9.82. The lowest BCUT2D eigenvalue weighted by Gasteiger charge is -2.22. The standard InChI is InChI=1S/C47H32N2O/c1-47(2)39-16-7-6-14-35(39)37-27-34(22-24-40(37)47)42-28-41(48-46(49-42)32-10-4-3-5-11-32)30-20-18-29(19-21-30)33-23-25-43-38(26-33)36-15-8-12-31-13-9-17-44(50-43)45(31)36/h3-28H,1-2H3. The maximum atomic E-state index is 6.35. The summed E-state index contributed by atoms with van der Waals surface area (Å²) < 4.78 is 6.35. The van der Waals surface area contributed by atoms with Crippen LogP contribution in [0.25, 0.3) is 78.1 Å². The van der Waals surface area contributed by atoms with E-state index in [0.29, 0.717) is 5.82 Å². The van der Waals surface area contributed by atoms with Crippen LogP contribution in [0, 0.1) is 0 Å². The molecule has 0 spiro atoms. The molecule has 0 saturated heterocycles. The fourth-order valence-electron chi connectivity index (χ4n) is 7.92. The second-order valence-corrected chi connectivity index (χ2v) is 13.8. The van der Waals surface area contributed by atoms with Crippen LogP contribution >= 0.6 is 0 Å². The Kier molecular flexibility index (Phi) is 6.22. The lowest BCUT2D eigenvalue weighted by molar-refractivity contribution is 0.487. The number of benzene rings is 7. The van der Waals surface area contributed by atoms with Crippen LogP contribution in [0.5, 0.6) is 11.5 Å². The summed E-state index contributed by atoms with van der Waals surface area (Å²) in [6.45, 7) is 4.63. The number of nitrogens with zero attached hydrogens (tertiary/aromatic N) is 2. The van der Waals surface area contributed by atoms with E-state index in [1.165, 1.54) is 38.6 Å². The second-order valence-electron chi connectivity index (χ2n) is 13.8. The van der Waals surface area contributed by atoms with Crippen molar-refractivity contribution in [2.24, 2.45) is 0 Å². The third kappa shape index (κ3) is 4.44. The van der Waals surface area contributed by atoms with Gasteiger partial charge in [0.2, 0.25) is 0 Å². The monoisotopic (exact) mass is 640 g/mol. The van der Waals surface area contributed by atoms with E-state index in [9.17, 15) is 0 Å². The van der Waals surface area contributed by atoms with Crippen LogP contribution in [0.2, 0.25) is 0 Å². The molecule has 0 radical (unpaired) electrons. The van der Waals surface area contributed by atoms with E-state index >= 15 is 0 Å². The van der Waals surface area contributed by atoms with Crippen molar-refractivity contribution in [3.05, 3.63) is 169 Å². The Bertz CT molecular complexity index is 2630. The van der Waals surface area contributed by atoms with Crippen molar-refractivity contribution < 1.29 is 4.74 Å². The summed E-state index contributed by atoms with van der Waals surface area (Å²) in [6, 6.07) is 55.9. The zero-order valence-electron chi connectivity index (χ0n) is 27.8. The van der Waals surface area contributed by atoms with Crippen LogP contribution in [-0.2, 0) is 5.41 Å². The molecule has 0 atom stereocenters. The van der Waals surface area contributed by atoms with Gasteiger partial charge in [-0.2, -0.15) is 0 Å². The van der Waals surface area contributed by atoms with E-state index < -0.39 is 0 Å². The van der Waals surface area contributed by atoms with Gasteiger partial charge >= 0.3 is 0 Å². The summed E-state index contributed by atoms with van der Waals surface area (Å²) in [7, 11) is 0. The van der Waals surface area contributed by atoms with Crippen molar-refractivity contribution in [1.29, 1.82) is 0 Å². The van der Waals surface area contributed by atoms with Gasteiger partial charge in [-0.05, 0) is 74.7 Å². The molecular weight excluding hydrogens is 609 g/mol. The van der Waals surface area contributed by atoms with Crippen LogP contribution in [0.3, 0.4) is 0 Å². The third-order valence-electron chi connectivity index (χ3n) is 10.5. The topological polar surface area (TPSA) is 35.0 Å². The smallest absolute Gasteiger partial charge is 0.160 e. The zero-order valence-corrected chi connectivity index (χ0v) is 27.8. The fraction of sp³-hybridized carbons (Fsp3) is 0.0638. The minimum atomic E-state index is -0.0405. The highest BCUT2D eigenvalue weighted by atomic mass is 16.5. The highest BCUT2D eigenvalue weighted by Gasteiger charge is 2.35. The van der Waals surface area contributed by atoms with Gasteiger partial charge in [-0.25, -0.2) is 9.97 Å². The Morgan fingerprint density at radius 3 is 1.90 bits per heavy atom. The first kappa shape index (κ1) is 28.7. The molecular formula is C47H32N2O. The summed E-state index contributed by atoms with van der Waals surface area (Å²) in [5.41, 5.74) is 14.8. The first-order valence-corrected chi connectivity index (χ1v) is 17.2. The van der Waals surface area contributed by atoms with Gasteiger partial charge in [0.05, 0.1) is 11.4 Å². The molecule has 2 aliphatic rings. The summed E-state index contributed by atoms with van der Waals surface area (Å²) in [5, 5.41) is 2.35. The van der Waals surface area contributed by atoms with E-state index in [0.717, 1.165) is 56.3 Å². The average molecular weight is 641 g/mol. The van der Waals surface area contributed by atoms with Crippen LogP contribution in [0.4, 0.5) is 0 Å². The summed E-state index contributed by atoms with van der Waals surface area (Å²) in [6.07, 6.45) is 0. The quantitative estimate of drug-likeness (QED) is 0.192. The fourth-order valence-corrected chi connectivity index (χ4v) is 7.92. The van der Waals surface area contributed by atoms with E-state index in [1.54, 1.807) is 0 Å². The Balaban J connectivity index is 1.05. The minimum Gasteiger partial charge on any atom is -0.456 e. The van der Waals surface area contributed by atoms with Gasteiger partial charge < -0.3 is 4.74 Å². The van der Waals surface area contributed by atoms with Crippen molar-refractivity contribution in [3.63, 3.8) is 0 Å². The molecule has 10 rings (SSSR count). The van der Waals surface area contributed by atoms with Gasteiger partial charge in [0.15, 0.2) is 5.82 Å². The number of ether oxygens (including phenoxy) is 1. The van der Waals surface area contributed by atoms with E-state index in [1.807, 2.05) is 24.3 Å². The van der Waals surface area contributed by atoms with Crippen LogP contribution in [-0.4, -0.2) is 9.97 Å². The number of aromatic nitrogens is 2. The molecule has 0 amide bonds. The van der Waals surface area contributed by atoms with E-state index in [-0.39, 0.29) is 5.41 Å². The molecule has 1 aliphatic carbocycles. The minimum absolute atomic E-state index is 0.0405. The van der Waals surface area contributed by atoms with Crippen molar-refractivity contribution >= 4 is 10.8 Å². The summed E-state index contributed by atoms with van der Waals surface area (Å²) in [4.78, 5) is 10.2. The summed E-state index contributed by atoms with van der Waals surface area (Å²) >= 11 is 0. The van der Waals surface area contributed by atoms with Crippen LogP contribution in [0.15, 0.2) is 158 Å². The van der Waals surface area contributed by atoms with E-state index in [2.05, 4.69) is 147 Å². The Morgan fingerprint density at radius 2 is 1.06 bits per heavy atom. The van der Waals surface area contributed by atoms with Crippen molar-refractivity contribution in [1.82, 2.24) is 9.97 Å². The Morgan fingerprint density at radius 1 is 0.420 bits per heavy atom. The van der Waals surface area contributed by atoms with Crippen LogP contribution < -0.4 is 4.74 Å². The van der Waals surface area contributed by atoms with Gasteiger partial charge in [0.25, 0.3) is 0 Å². The highest BCUT2D eigenvalue weighted by molar-refractivity contribution is 6.04. The largest absolute Gasteiger partial charge is 0.456 e. The predicted octanol–water partition coefficient (Wildman–Crippen LogP) is 12.4. The first-order chi connectivity index (χ1) is 24.5. The molecule has 3 heteroatoms. The number of fused-ring (bicyclic) bond motifs is 5. The highest BCUT2D eigenvalue weighted by Crippen LogP contribution is 2.50. The number of hydrogen-bond acceptors (Lipinski definition) is 3. The Labute approximate surface area is 291 Å². The molecule has 0 unspecified atom stereocenters. The zero-order chi connectivity index (χ0) is 33.4. The normalized spacial score (nSPS) is 13.3. The van der Waals surface area contributed by atoms with Crippen molar-refractivity contribution in [3.8, 4) is 78.8 Å².